The SMILES string of the molecule is O=C(Nc1ccc(O)cc1C(=O)O)c1cc(Cl)ccc1Cl. The third-order valence-electron chi connectivity index (χ3n) is 2.65. The number of aromatic carboxylic acids is 1. The van der Waals surface area contributed by atoms with Gasteiger partial charge in [-0.05, 0) is 36.4 Å². The minimum atomic E-state index is -1.28. The number of carboxylic acid groups (broad SMARTS) is 1. The van der Waals surface area contributed by atoms with Gasteiger partial charge in [-0.25, -0.2) is 4.79 Å². The summed E-state index contributed by atoms with van der Waals surface area (Å²) in [5.74, 6) is -2.10. The van der Waals surface area contributed by atoms with Crippen molar-refractivity contribution in [1.82, 2.24) is 0 Å². The molecule has 2 rings (SSSR count). The van der Waals surface area contributed by atoms with Crippen LogP contribution in [0.5, 0.6) is 5.75 Å². The lowest BCUT2D eigenvalue weighted by Crippen LogP contribution is -2.15. The number of hydrogen-bond acceptors (Lipinski definition) is 3. The van der Waals surface area contributed by atoms with E-state index in [2.05, 4.69) is 5.32 Å². The van der Waals surface area contributed by atoms with Gasteiger partial charge in [0, 0.05) is 5.02 Å². The topological polar surface area (TPSA) is 86.6 Å². The molecule has 7 heteroatoms. The lowest BCUT2D eigenvalue weighted by atomic mass is 10.1. The Hall–Kier alpha value is -2.24. The number of carboxylic acids is 1. The summed E-state index contributed by atoms with van der Waals surface area (Å²) in [5.41, 5.74) is -0.0728. The highest BCUT2D eigenvalue weighted by molar-refractivity contribution is 6.36. The molecule has 3 N–H and O–H groups in total. The van der Waals surface area contributed by atoms with Crippen molar-refractivity contribution >= 4 is 40.8 Å². The van der Waals surface area contributed by atoms with E-state index >= 15 is 0 Å². The number of phenols is 1. The summed E-state index contributed by atoms with van der Waals surface area (Å²) >= 11 is 11.7. The fourth-order valence-corrected chi connectivity index (χ4v) is 2.05. The molecule has 0 saturated heterocycles. The Morgan fingerprint density at radius 1 is 1.00 bits per heavy atom. The maximum atomic E-state index is 12.1. The Bertz CT molecular complexity index is 731. The molecule has 5 nitrogen and oxygen atoms in total. The molecule has 21 heavy (non-hydrogen) atoms. The second-order valence-corrected chi connectivity index (χ2v) is 4.96. The summed E-state index contributed by atoms with van der Waals surface area (Å²) in [4.78, 5) is 23.2. The van der Waals surface area contributed by atoms with Gasteiger partial charge in [0.25, 0.3) is 5.91 Å². The fraction of sp³-hybridized carbons (Fsp3) is 0. The largest absolute Gasteiger partial charge is 0.508 e. The van der Waals surface area contributed by atoms with Crippen molar-refractivity contribution < 1.29 is 19.8 Å². The molecule has 0 saturated carbocycles. The van der Waals surface area contributed by atoms with Crippen molar-refractivity contribution in [3.8, 4) is 5.75 Å². The van der Waals surface area contributed by atoms with Gasteiger partial charge in [-0.15, -0.1) is 0 Å². The van der Waals surface area contributed by atoms with Crippen LogP contribution in [0.25, 0.3) is 0 Å². The third kappa shape index (κ3) is 3.45. The lowest BCUT2D eigenvalue weighted by Gasteiger charge is -2.10. The van der Waals surface area contributed by atoms with Gasteiger partial charge in [-0.2, -0.15) is 0 Å². The molecule has 1 amide bonds. The van der Waals surface area contributed by atoms with E-state index in [1.165, 1.54) is 30.3 Å². The zero-order valence-corrected chi connectivity index (χ0v) is 11.9. The molecule has 2 aromatic rings. The van der Waals surface area contributed by atoms with Crippen molar-refractivity contribution in [1.29, 1.82) is 0 Å². The highest BCUT2D eigenvalue weighted by atomic mass is 35.5. The van der Waals surface area contributed by atoms with Crippen molar-refractivity contribution in [2.45, 2.75) is 0 Å². The number of anilines is 1. The lowest BCUT2D eigenvalue weighted by molar-refractivity contribution is 0.0697. The Labute approximate surface area is 129 Å². The number of phenolic OH excluding ortho intramolecular Hbond substituents is 1. The van der Waals surface area contributed by atoms with E-state index in [9.17, 15) is 14.7 Å². The second kappa shape index (κ2) is 6.03. The summed E-state index contributed by atoms with van der Waals surface area (Å²) in [6, 6.07) is 7.96. The van der Waals surface area contributed by atoms with Crippen LogP contribution in [-0.2, 0) is 0 Å². The van der Waals surface area contributed by atoms with E-state index in [1.807, 2.05) is 0 Å². The standard InChI is InChI=1S/C14H9Cl2NO4/c15-7-1-3-11(16)9(5-7)13(19)17-12-4-2-8(18)6-10(12)14(20)21/h1-6,18H,(H,17,19)(H,20,21). The maximum absolute atomic E-state index is 12.1. The molecule has 0 aliphatic heterocycles. The summed E-state index contributed by atoms with van der Waals surface area (Å²) in [7, 11) is 0. The third-order valence-corrected chi connectivity index (χ3v) is 3.22. The molecule has 0 bridgehead atoms. The van der Waals surface area contributed by atoms with Gasteiger partial charge in [0.2, 0.25) is 0 Å². The minimum absolute atomic E-state index is 0.0429. The van der Waals surface area contributed by atoms with Crippen LogP contribution in [-0.4, -0.2) is 22.1 Å². The highest BCUT2D eigenvalue weighted by Crippen LogP contribution is 2.25. The zero-order valence-electron chi connectivity index (χ0n) is 10.4. The van der Waals surface area contributed by atoms with Gasteiger partial charge in [0.1, 0.15) is 5.75 Å². The number of aromatic hydroxyl groups is 1. The van der Waals surface area contributed by atoms with Crippen molar-refractivity contribution in [3.05, 3.63) is 57.6 Å². The van der Waals surface area contributed by atoms with E-state index in [1.54, 1.807) is 0 Å². The minimum Gasteiger partial charge on any atom is -0.508 e. The molecule has 0 aromatic heterocycles. The molecule has 0 radical (unpaired) electrons. The van der Waals surface area contributed by atoms with Gasteiger partial charge in [0.05, 0.1) is 21.8 Å². The van der Waals surface area contributed by atoms with Gasteiger partial charge in [0.15, 0.2) is 0 Å². The fourth-order valence-electron chi connectivity index (χ4n) is 1.68. The van der Waals surface area contributed by atoms with Gasteiger partial charge >= 0.3 is 5.97 Å². The number of rotatable bonds is 3. The normalized spacial score (nSPS) is 10.2. The van der Waals surface area contributed by atoms with Gasteiger partial charge in [-0.3, -0.25) is 4.79 Å². The molecule has 2 aromatic carbocycles. The number of halogens is 2. The maximum Gasteiger partial charge on any atom is 0.337 e. The van der Waals surface area contributed by atoms with Crippen LogP contribution < -0.4 is 5.32 Å². The molecule has 0 aliphatic rings. The van der Waals surface area contributed by atoms with Crippen LogP contribution in [0, 0.1) is 0 Å². The molecule has 108 valence electrons. The smallest absolute Gasteiger partial charge is 0.337 e. The van der Waals surface area contributed by atoms with E-state index < -0.39 is 11.9 Å². The molecule has 0 unspecified atom stereocenters. The summed E-state index contributed by atoms with van der Waals surface area (Å²) in [6.45, 7) is 0. The van der Waals surface area contributed by atoms with Crippen LogP contribution in [0.15, 0.2) is 36.4 Å². The Kier molecular flexibility index (Phi) is 4.35. The van der Waals surface area contributed by atoms with E-state index in [0.717, 1.165) is 6.07 Å². The number of hydrogen-bond donors (Lipinski definition) is 3. The highest BCUT2D eigenvalue weighted by Gasteiger charge is 2.16. The predicted molar refractivity (Wildman–Crippen MR) is 79.5 cm³/mol. The first-order chi connectivity index (χ1) is 9.88. The van der Waals surface area contributed by atoms with Crippen molar-refractivity contribution in [2.24, 2.45) is 0 Å². The number of carbonyl (C=O) groups excluding carboxylic acids is 1. The first kappa shape index (κ1) is 15.2. The Balaban J connectivity index is 2.36. The summed E-state index contributed by atoms with van der Waals surface area (Å²) in [6.07, 6.45) is 0. The second-order valence-electron chi connectivity index (χ2n) is 4.11. The van der Waals surface area contributed by atoms with Crippen molar-refractivity contribution in [2.75, 3.05) is 5.32 Å². The first-order valence-electron chi connectivity index (χ1n) is 5.71. The number of nitrogens with one attached hydrogen (secondary N) is 1. The Morgan fingerprint density at radius 2 is 1.71 bits per heavy atom. The number of benzene rings is 2. The number of amides is 1. The summed E-state index contributed by atoms with van der Waals surface area (Å²) in [5, 5.41) is 21.3. The van der Waals surface area contributed by atoms with Crippen LogP contribution in [0.3, 0.4) is 0 Å². The Morgan fingerprint density at radius 3 is 2.38 bits per heavy atom. The van der Waals surface area contributed by atoms with Crippen LogP contribution in [0.2, 0.25) is 10.0 Å². The van der Waals surface area contributed by atoms with Crippen LogP contribution in [0.4, 0.5) is 5.69 Å². The van der Waals surface area contributed by atoms with Crippen LogP contribution in [0.1, 0.15) is 20.7 Å². The van der Waals surface area contributed by atoms with Crippen molar-refractivity contribution in [3.63, 3.8) is 0 Å². The van der Waals surface area contributed by atoms with Gasteiger partial charge in [-0.1, -0.05) is 23.2 Å². The molecular weight excluding hydrogens is 317 g/mol. The van der Waals surface area contributed by atoms with Crippen LogP contribution >= 0.6 is 23.2 Å². The quantitative estimate of drug-likeness (QED) is 0.752. The summed E-state index contributed by atoms with van der Waals surface area (Å²) < 4.78 is 0. The van der Waals surface area contributed by atoms with Gasteiger partial charge < -0.3 is 15.5 Å². The van der Waals surface area contributed by atoms with E-state index in [-0.39, 0.29) is 27.6 Å². The molecular formula is C14H9Cl2NO4. The molecule has 0 atom stereocenters. The average molecular weight is 326 g/mol. The predicted octanol–water partition coefficient (Wildman–Crippen LogP) is 3.65. The molecule has 0 heterocycles. The van der Waals surface area contributed by atoms with E-state index in [4.69, 9.17) is 28.3 Å². The van der Waals surface area contributed by atoms with E-state index in [0.29, 0.717) is 5.02 Å². The zero-order chi connectivity index (χ0) is 15.6. The molecule has 0 spiro atoms. The monoisotopic (exact) mass is 325 g/mol. The molecule has 0 aliphatic carbocycles. The molecule has 0 fully saturated rings. The number of carbonyl (C=O) groups is 2. The average Bonchev–Trinajstić information content (AvgIpc) is 2.43. The first-order valence-corrected chi connectivity index (χ1v) is 6.47.